The van der Waals surface area contributed by atoms with Crippen LogP contribution in [-0.4, -0.2) is 16.7 Å². The van der Waals surface area contributed by atoms with Gasteiger partial charge in [0.15, 0.2) is 0 Å². The van der Waals surface area contributed by atoms with Gasteiger partial charge in [-0.1, -0.05) is 11.8 Å². The third-order valence-electron chi connectivity index (χ3n) is 1.73. The standard InChI is InChI=1S/C7H12OS2/c1-5(6-3-4-6)8-7(9)10-2/h5-6H,3-4H2,1-2H3. The van der Waals surface area contributed by atoms with Crippen molar-refractivity contribution in [2.45, 2.75) is 25.9 Å². The van der Waals surface area contributed by atoms with Crippen molar-refractivity contribution < 1.29 is 4.74 Å². The predicted octanol–water partition coefficient (Wildman–Crippen LogP) is 2.45. The van der Waals surface area contributed by atoms with Crippen LogP contribution < -0.4 is 0 Å². The van der Waals surface area contributed by atoms with Crippen LogP contribution in [-0.2, 0) is 4.74 Å². The minimum absolute atomic E-state index is 0.347. The number of ether oxygens (including phenoxy) is 1. The maximum atomic E-state index is 5.42. The molecule has 0 aliphatic heterocycles. The average Bonchev–Trinajstić information content (AvgIpc) is 2.68. The zero-order valence-electron chi connectivity index (χ0n) is 6.29. The first-order chi connectivity index (χ1) is 4.74. The van der Waals surface area contributed by atoms with E-state index in [1.807, 2.05) is 6.26 Å². The molecule has 0 aromatic rings. The highest BCUT2D eigenvalue weighted by Gasteiger charge is 2.29. The van der Waals surface area contributed by atoms with Gasteiger partial charge in [-0.25, -0.2) is 0 Å². The number of rotatable bonds is 2. The second kappa shape index (κ2) is 3.58. The summed E-state index contributed by atoms with van der Waals surface area (Å²) in [6.45, 7) is 2.10. The van der Waals surface area contributed by atoms with E-state index in [0.717, 1.165) is 5.92 Å². The van der Waals surface area contributed by atoms with E-state index in [1.54, 1.807) is 0 Å². The Morgan fingerprint density at radius 3 is 2.70 bits per heavy atom. The molecular weight excluding hydrogens is 164 g/mol. The Labute approximate surface area is 71.5 Å². The van der Waals surface area contributed by atoms with Crippen LogP contribution >= 0.6 is 24.0 Å². The lowest BCUT2D eigenvalue weighted by molar-refractivity contribution is 0.197. The molecule has 0 saturated heterocycles. The summed E-state index contributed by atoms with van der Waals surface area (Å²) < 4.78 is 6.10. The molecule has 1 fully saturated rings. The average molecular weight is 176 g/mol. The fourth-order valence-corrected chi connectivity index (χ4v) is 1.26. The molecule has 1 aliphatic carbocycles. The van der Waals surface area contributed by atoms with E-state index < -0.39 is 0 Å². The van der Waals surface area contributed by atoms with Gasteiger partial charge in [-0.15, -0.1) is 0 Å². The molecule has 0 aromatic carbocycles. The lowest BCUT2D eigenvalue weighted by Crippen LogP contribution is -2.12. The maximum absolute atomic E-state index is 5.42. The van der Waals surface area contributed by atoms with Crippen molar-refractivity contribution in [1.82, 2.24) is 0 Å². The topological polar surface area (TPSA) is 9.23 Å². The Morgan fingerprint density at radius 1 is 1.70 bits per heavy atom. The summed E-state index contributed by atoms with van der Waals surface area (Å²) in [6, 6.07) is 0. The van der Waals surface area contributed by atoms with E-state index in [0.29, 0.717) is 10.5 Å². The summed E-state index contributed by atoms with van der Waals surface area (Å²) in [6.07, 6.45) is 4.93. The first-order valence-corrected chi connectivity index (χ1v) is 5.12. The molecule has 0 amide bonds. The third-order valence-corrected chi connectivity index (χ3v) is 2.76. The van der Waals surface area contributed by atoms with Crippen LogP contribution in [0.3, 0.4) is 0 Å². The summed E-state index contributed by atoms with van der Waals surface area (Å²) in [5.74, 6) is 0.782. The van der Waals surface area contributed by atoms with Crippen LogP contribution in [0.1, 0.15) is 19.8 Å². The fourth-order valence-electron chi connectivity index (χ4n) is 0.862. The van der Waals surface area contributed by atoms with Crippen molar-refractivity contribution in [3.05, 3.63) is 0 Å². The molecule has 1 aliphatic rings. The van der Waals surface area contributed by atoms with E-state index >= 15 is 0 Å². The highest BCUT2D eigenvalue weighted by atomic mass is 32.2. The van der Waals surface area contributed by atoms with Crippen molar-refractivity contribution in [2.75, 3.05) is 6.26 Å². The van der Waals surface area contributed by atoms with Crippen LogP contribution in [0.2, 0.25) is 0 Å². The number of hydrogen-bond donors (Lipinski definition) is 0. The quantitative estimate of drug-likeness (QED) is 0.598. The van der Waals surface area contributed by atoms with Crippen LogP contribution in [0.25, 0.3) is 0 Å². The summed E-state index contributed by atoms with van der Waals surface area (Å²) >= 11 is 6.43. The molecule has 0 bridgehead atoms. The van der Waals surface area contributed by atoms with Crippen LogP contribution in [0, 0.1) is 5.92 Å². The Hall–Kier alpha value is 0.240. The van der Waals surface area contributed by atoms with Crippen molar-refractivity contribution in [1.29, 1.82) is 0 Å². The van der Waals surface area contributed by atoms with Gasteiger partial charge in [0.1, 0.15) is 6.10 Å². The van der Waals surface area contributed by atoms with Crippen LogP contribution in [0.15, 0.2) is 0 Å². The van der Waals surface area contributed by atoms with Gasteiger partial charge < -0.3 is 4.74 Å². The van der Waals surface area contributed by atoms with E-state index in [1.165, 1.54) is 24.6 Å². The number of thioether (sulfide) groups is 1. The third kappa shape index (κ3) is 2.46. The molecule has 1 rings (SSSR count). The molecule has 1 saturated carbocycles. The first-order valence-electron chi connectivity index (χ1n) is 3.48. The van der Waals surface area contributed by atoms with Gasteiger partial charge in [-0.2, -0.15) is 0 Å². The van der Waals surface area contributed by atoms with Gasteiger partial charge in [0, 0.05) is 0 Å². The SMILES string of the molecule is CSC(=S)OC(C)C1CC1. The second-order valence-corrected chi connectivity index (χ2v) is 4.02. The van der Waals surface area contributed by atoms with Gasteiger partial charge >= 0.3 is 0 Å². The Morgan fingerprint density at radius 2 is 2.30 bits per heavy atom. The summed E-state index contributed by atoms with van der Waals surface area (Å²) in [7, 11) is 0. The minimum atomic E-state index is 0.347. The minimum Gasteiger partial charge on any atom is -0.475 e. The van der Waals surface area contributed by atoms with E-state index in [-0.39, 0.29) is 0 Å². The highest BCUT2D eigenvalue weighted by Crippen LogP contribution is 2.34. The summed E-state index contributed by atoms with van der Waals surface area (Å²) in [5, 5.41) is 0. The largest absolute Gasteiger partial charge is 0.475 e. The first kappa shape index (κ1) is 8.34. The lowest BCUT2D eigenvalue weighted by atomic mass is 10.3. The van der Waals surface area contributed by atoms with Gasteiger partial charge in [0.05, 0.1) is 0 Å². The number of thiocarbonyl (C=S) groups is 1. The molecule has 1 atom stereocenters. The Balaban J connectivity index is 2.16. The van der Waals surface area contributed by atoms with Gasteiger partial charge in [-0.3, -0.25) is 0 Å². The zero-order valence-corrected chi connectivity index (χ0v) is 7.93. The second-order valence-electron chi connectivity index (χ2n) is 2.61. The van der Waals surface area contributed by atoms with Crippen molar-refractivity contribution in [2.24, 2.45) is 5.92 Å². The summed E-state index contributed by atoms with van der Waals surface area (Å²) in [4.78, 5) is 0. The molecule has 0 radical (unpaired) electrons. The Bertz CT molecular complexity index is 132. The fraction of sp³-hybridized carbons (Fsp3) is 0.857. The van der Waals surface area contributed by atoms with Gasteiger partial charge in [0.2, 0.25) is 4.38 Å². The Kier molecular flexibility index (Phi) is 2.98. The van der Waals surface area contributed by atoms with Crippen molar-refractivity contribution >= 4 is 28.4 Å². The van der Waals surface area contributed by atoms with Gasteiger partial charge in [0.25, 0.3) is 0 Å². The molecular formula is C7H12OS2. The van der Waals surface area contributed by atoms with Crippen LogP contribution in [0.5, 0.6) is 0 Å². The molecule has 1 nitrogen and oxygen atoms in total. The highest BCUT2D eigenvalue weighted by molar-refractivity contribution is 8.22. The van der Waals surface area contributed by atoms with Crippen LogP contribution in [0.4, 0.5) is 0 Å². The van der Waals surface area contributed by atoms with E-state index in [9.17, 15) is 0 Å². The molecule has 58 valence electrons. The smallest absolute Gasteiger partial charge is 0.219 e. The molecule has 10 heavy (non-hydrogen) atoms. The monoisotopic (exact) mass is 176 g/mol. The predicted molar refractivity (Wildman–Crippen MR) is 49.4 cm³/mol. The molecule has 0 heterocycles. The van der Waals surface area contributed by atoms with Gasteiger partial charge in [-0.05, 0) is 44.2 Å². The molecule has 1 unspecified atom stereocenters. The molecule has 0 spiro atoms. The number of hydrogen-bond acceptors (Lipinski definition) is 3. The maximum Gasteiger partial charge on any atom is 0.219 e. The molecule has 3 heteroatoms. The molecule has 0 aromatic heterocycles. The van der Waals surface area contributed by atoms with E-state index in [2.05, 4.69) is 6.92 Å². The van der Waals surface area contributed by atoms with E-state index in [4.69, 9.17) is 17.0 Å². The van der Waals surface area contributed by atoms with Crippen molar-refractivity contribution in [3.63, 3.8) is 0 Å². The molecule has 0 N–H and O–H groups in total. The normalized spacial score (nSPS) is 20.2. The zero-order chi connectivity index (χ0) is 7.56. The lowest BCUT2D eigenvalue weighted by Gasteiger charge is -2.11. The summed E-state index contributed by atoms with van der Waals surface area (Å²) in [5.41, 5.74) is 0. The van der Waals surface area contributed by atoms with Crippen molar-refractivity contribution in [3.8, 4) is 0 Å².